The fourth-order valence-corrected chi connectivity index (χ4v) is 3.26. The van der Waals surface area contributed by atoms with Crippen molar-refractivity contribution in [3.05, 3.63) is 58.6 Å². The maximum absolute atomic E-state index is 12.1. The first-order valence-corrected chi connectivity index (χ1v) is 8.80. The van der Waals surface area contributed by atoms with Gasteiger partial charge in [0.05, 0.1) is 5.02 Å². The van der Waals surface area contributed by atoms with E-state index >= 15 is 0 Å². The molecule has 3 rings (SSSR count). The smallest absolute Gasteiger partial charge is 0.264 e. The van der Waals surface area contributed by atoms with E-state index < -0.39 is 0 Å². The Hall–Kier alpha value is -2.44. The van der Waals surface area contributed by atoms with Crippen molar-refractivity contribution in [2.45, 2.75) is 13.8 Å². The van der Waals surface area contributed by atoms with Gasteiger partial charge in [0, 0.05) is 5.56 Å². The first-order chi connectivity index (χ1) is 12.0. The molecule has 1 N–H and O–H groups in total. The molecule has 1 heterocycles. The van der Waals surface area contributed by atoms with Crippen molar-refractivity contribution in [2.75, 3.05) is 11.9 Å². The van der Waals surface area contributed by atoms with E-state index in [1.54, 1.807) is 6.07 Å². The number of halogens is 1. The molecule has 0 unspecified atom stereocenters. The first-order valence-electron chi connectivity index (χ1n) is 7.61. The summed E-state index contributed by atoms with van der Waals surface area (Å²) in [6.07, 6.45) is 0. The highest BCUT2D eigenvalue weighted by Crippen LogP contribution is 2.31. The molecule has 0 bridgehead atoms. The highest BCUT2D eigenvalue weighted by atomic mass is 35.5. The number of rotatable bonds is 5. The van der Waals surface area contributed by atoms with Crippen molar-refractivity contribution in [3.63, 3.8) is 0 Å². The number of aryl methyl sites for hydroxylation is 2. The van der Waals surface area contributed by atoms with E-state index in [4.69, 9.17) is 16.3 Å². The molecule has 7 heteroatoms. The third-order valence-corrected chi connectivity index (χ3v) is 4.68. The lowest BCUT2D eigenvalue weighted by molar-refractivity contribution is -0.118. The fraction of sp³-hybridized carbons (Fsp3) is 0.167. The SMILES string of the molecule is Cc1ccc(C)c(OCC(=O)Nc2nnc(-c3ccccc3Cl)s2)c1. The predicted molar refractivity (Wildman–Crippen MR) is 100 cm³/mol. The van der Waals surface area contributed by atoms with Gasteiger partial charge in [0.15, 0.2) is 11.6 Å². The summed E-state index contributed by atoms with van der Waals surface area (Å²) in [4.78, 5) is 12.1. The average Bonchev–Trinajstić information content (AvgIpc) is 3.04. The zero-order valence-electron chi connectivity index (χ0n) is 13.7. The largest absolute Gasteiger partial charge is 0.483 e. The van der Waals surface area contributed by atoms with E-state index in [1.165, 1.54) is 11.3 Å². The fourth-order valence-electron chi connectivity index (χ4n) is 2.18. The summed E-state index contributed by atoms with van der Waals surface area (Å²) in [6, 6.07) is 13.2. The summed E-state index contributed by atoms with van der Waals surface area (Å²) >= 11 is 7.41. The van der Waals surface area contributed by atoms with Crippen LogP contribution in [0.2, 0.25) is 5.02 Å². The monoisotopic (exact) mass is 373 g/mol. The van der Waals surface area contributed by atoms with E-state index in [1.807, 2.05) is 50.2 Å². The van der Waals surface area contributed by atoms with Gasteiger partial charge < -0.3 is 4.74 Å². The van der Waals surface area contributed by atoms with Crippen molar-refractivity contribution in [1.82, 2.24) is 10.2 Å². The molecule has 0 radical (unpaired) electrons. The predicted octanol–water partition coefficient (Wildman–Crippen LogP) is 4.49. The Morgan fingerprint density at radius 2 is 2.00 bits per heavy atom. The van der Waals surface area contributed by atoms with Gasteiger partial charge in [-0.2, -0.15) is 0 Å². The molecule has 0 aliphatic carbocycles. The van der Waals surface area contributed by atoms with Gasteiger partial charge >= 0.3 is 0 Å². The zero-order valence-corrected chi connectivity index (χ0v) is 15.3. The van der Waals surface area contributed by atoms with E-state index in [0.29, 0.717) is 20.9 Å². The number of carbonyl (C=O) groups is 1. The quantitative estimate of drug-likeness (QED) is 0.715. The second-order valence-electron chi connectivity index (χ2n) is 5.50. The minimum Gasteiger partial charge on any atom is -0.483 e. The molecule has 1 amide bonds. The van der Waals surface area contributed by atoms with Gasteiger partial charge in [-0.3, -0.25) is 10.1 Å². The van der Waals surface area contributed by atoms with Crippen LogP contribution in [0.15, 0.2) is 42.5 Å². The van der Waals surface area contributed by atoms with Crippen LogP contribution in [0.25, 0.3) is 10.6 Å². The second-order valence-corrected chi connectivity index (χ2v) is 6.88. The molecule has 5 nitrogen and oxygen atoms in total. The molecule has 128 valence electrons. The van der Waals surface area contributed by atoms with Crippen molar-refractivity contribution >= 4 is 34.0 Å². The van der Waals surface area contributed by atoms with Crippen LogP contribution in [-0.2, 0) is 4.79 Å². The third-order valence-electron chi connectivity index (χ3n) is 3.48. The molecule has 25 heavy (non-hydrogen) atoms. The van der Waals surface area contributed by atoms with Gasteiger partial charge in [-0.15, -0.1) is 10.2 Å². The number of amides is 1. The molecule has 0 fully saturated rings. The number of hydrogen-bond donors (Lipinski definition) is 1. The van der Waals surface area contributed by atoms with Crippen LogP contribution in [0.1, 0.15) is 11.1 Å². The van der Waals surface area contributed by atoms with E-state index in [-0.39, 0.29) is 12.5 Å². The maximum atomic E-state index is 12.1. The Morgan fingerprint density at radius 1 is 1.20 bits per heavy atom. The summed E-state index contributed by atoms with van der Waals surface area (Å²) < 4.78 is 5.59. The minimum absolute atomic E-state index is 0.0920. The number of anilines is 1. The molecule has 3 aromatic rings. The molecule has 0 atom stereocenters. The van der Waals surface area contributed by atoms with Crippen LogP contribution in [0.4, 0.5) is 5.13 Å². The van der Waals surface area contributed by atoms with Crippen LogP contribution in [0.3, 0.4) is 0 Å². The van der Waals surface area contributed by atoms with Crippen LogP contribution in [0.5, 0.6) is 5.75 Å². The Labute approximate surface area is 154 Å². The molecular weight excluding hydrogens is 358 g/mol. The third kappa shape index (κ3) is 4.35. The van der Waals surface area contributed by atoms with Gasteiger partial charge in [-0.1, -0.05) is 53.3 Å². The molecule has 0 saturated heterocycles. The van der Waals surface area contributed by atoms with E-state index in [0.717, 1.165) is 16.7 Å². The highest BCUT2D eigenvalue weighted by molar-refractivity contribution is 7.18. The highest BCUT2D eigenvalue weighted by Gasteiger charge is 2.12. The summed E-state index contributed by atoms with van der Waals surface area (Å²) in [5.74, 6) is 0.409. The molecular formula is C18H16ClN3O2S. The van der Waals surface area contributed by atoms with Gasteiger partial charge in [-0.05, 0) is 37.1 Å². The maximum Gasteiger partial charge on any atom is 0.264 e. The van der Waals surface area contributed by atoms with E-state index in [2.05, 4.69) is 15.5 Å². The van der Waals surface area contributed by atoms with Gasteiger partial charge in [0.2, 0.25) is 5.13 Å². The van der Waals surface area contributed by atoms with Crippen molar-refractivity contribution in [2.24, 2.45) is 0 Å². The standard InChI is InChI=1S/C18H16ClN3O2S/c1-11-7-8-12(2)15(9-11)24-10-16(23)20-18-22-21-17(25-18)13-5-3-4-6-14(13)19/h3-9H,10H2,1-2H3,(H,20,22,23). The number of nitrogens with one attached hydrogen (secondary N) is 1. The van der Waals surface area contributed by atoms with Crippen LogP contribution < -0.4 is 10.1 Å². The Morgan fingerprint density at radius 3 is 2.80 bits per heavy atom. The lowest BCUT2D eigenvalue weighted by Crippen LogP contribution is -2.20. The van der Waals surface area contributed by atoms with E-state index in [9.17, 15) is 4.79 Å². The number of aromatic nitrogens is 2. The number of benzene rings is 2. The Bertz CT molecular complexity index is 911. The van der Waals surface area contributed by atoms with Gasteiger partial charge in [0.1, 0.15) is 5.75 Å². The molecule has 0 spiro atoms. The van der Waals surface area contributed by atoms with Crippen LogP contribution in [0, 0.1) is 13.8 Å². The molecule has 2 aromatic carbocycles. The molecule has 1 aromatic heterocycles. The molecule has 0 saturated carbocycles. The Balaban J connectivity index is 1.62. The van der Waals surface area contributed by atoms with Crippen LogP contribution >= 0.6 is 22.9 Å². The van der Waals surface area contributed by atoms with Crippen molar-refractivity contribution < 1.29 is 9.53 Å². The first kappa shape index (κ1) is 17.4. The van der Waals surface area contributed by atoms with Gasteiger partial charge in [0.25, 0.3) is 5.91 Å². The summed E-state index contributed by atoms with van der Waals surface area (Å²) in [5.41, 5.74) is 2.85. The minimum atomic E-state index is -0.289. The van der Waals surface area contributed by atoms with Crippen LogP contribution in [-0.4, -0.2) is 22.7 Å². The molecule has 0 aliphatic heterocycles. The number of hydrogen-bond acceptors (Lipinski definition) is 5. The molecule has 0 aliphatic rings. The topological polar surface area (TPSA) is 64.1 Å². The zero-order chi connectivity index (χ0) is 17.8. The van der Waals surface area contributed by atoms with Crippen molar-refractivity contribution in [1.29, 1.82) is 0 Å². The lowest BCUT2D eigenvalue weighted by atomic mass is 10.1. The van der Waals surface area contributed by atoms with Crippen molar-refractivity contribution in [3.8, 4) is 16.3 Å². The number of carbonyl (C=O) groups excluding carboxylic acids is 1. The number of ether oxygens (including phenoxy) is 1. The average molecular weight is 374 g/mol. The number of nitrogens with zero attached hydrogens (tertiary/aromatic N) is 2. The summed E-state index contributed by atoms with van der Waals surface area (Å²) in [6.45, 7) is 3.82. The lowest BCUT2D eigenvalue weighted by Gasteiger charge is -2.09. The summed E-state index contributed by atoms with van der Waals surface area (Å²) in [7, 11) is 0. The summed E-state index contributed by atoms with van der Waals surface area (Å²) in [5, 5.41) is 12.4. The second kappa shape index (κ2) is 7.63. The van der Waals surface area contributed by atoms with Gasteiger partial charge in [-0.25, -0.2) is 0 Å². The Kier molecular flexibility index (Phi) is 5.31. The normalized spacial score (nSPS) is 10.5.